The maximum atomic E-state index is 13.3. The van der Waals surface area contributed by atoms with Crippen LogP contribution in [-0.2, 0) is 11.3 Å². The topological polar surface area (TPSA) is 68.5 Å². The summed E-state index contributed by atoms with van der Waals surface area (Å²) in [5.41, 5.74) is 1.71. The molecule has 2 aromatic carbocycles. The first kappa shape index (κ1) is 20.5. The lowest BCUT2D eigenvalue weighted by atomic mass is 10.1. The number of aromatic nitrogens is 2. The number of ether oxygens (including phenoxy) is 1. The van der Waals surface area contributed by atoms with Gasteiger partial charge in [0.1, 0.15) is 5.60 Å². The third-order valence-electron chi connectivity index (χ3n) is 4.00. The van der Waals surface area contributed by atoms with Gasteiger partial charge in [-0.1, -0.05) is 30.3 Å². The van der Waals surface area contributed by atoms with Gasteiger partial charge in [0.2, 0.25) is 5.89 Å². The summed E-state index contributed by atoms with van der Waals surface area (Å²) in [6.45, 7) is 7.17. The number of halogens is 1. The van der Waals surface area contributed by atoms with Gasteiger partial charge in [-0.3, -0.25) is 4.90 Å². The molecule has 3 aromatic rings. The number of hydrogen-bond acceptors (Lipinski definition) is 5. The second-order valence-corrected chi connectivity index (χ2v) is 7.66. The average molecular weight is 397 g/mol. The van der Waals surface area contributed by atoms with Gasteiger partial charge in [0.25, 0.3) is 5.89 Å². The Labute approximate surface area is 169 Å². The summed E-state index contributed by atoms with van der Waals surface area (Å²) in [6, 6.07) is 16.7. The molecule has 1 heterocycles. The molecule has 29 heavy (non-hydrogen) atoms. The second-order valence-electron chi connectivity index (χ2n) is 7.66. The number of amides is 1. The van der Waals surface area contributed by atoms with Crippen LogP contribution in [0.4, 0.5) is 14.9 Å². The van der Waals surface area contributed by atoms with Crippen LogP contribution in [0.1, 0.15) is 45.3 Å². The molecule has 1 atom stereocenters. The lowest BCUT2D eigenvalue weighted by Gasteiger charge is -2.27. The minimum absolute atomic E-state index is 0.0516. The highest BCUT2D eigenvalue weighted by molar-refractivity contribution is 5.87. The van der Waals surface area contributed by atoms with Gasteiger partial charge in [-0.25, -0.2) is 9.18 Å². The zero-order valence-electron chi connectivity index (χ0n) is 16.9. The van der Waals surface area contributed by atoms with E-state index < -0.39 is 17.9 Å². The number of hydrogen-bond donors (Lipinski definition) is 0. The van der Waals surface area contributed by atoms with Crippen LogP contribution in [0.15, 0.2) is 59.0 Å². The van der Waals surface area contributed by atoms with Crippen molar-refractivity contribution in [2.45, 2.75) is 46.0 Å². The molecular weight excluding hydrogens is 373 g/mol. The first-order chi connectivity index (χ1) is 13.7. The number of alkyl halides is 1. The van der Waals surface area contributed by atoms with E-state index >= 15 is 0 Å². The van der Waals surface area contributed by atoms with Crippen molar-refractivity contribution in [1.29, 1.82) is 0 Å². The van der Waals surface area contributed by atoms with Crippen molar-refractivity contribution in [3.63, 3.8) is 0 Å². The molecule has 152 valence electrons. The molecule has 6 nitrogen and oxygen atoms in total. The van der Waals surface area contributed by atoms with Crippen molar-refractivity contribution in [2.75, 3.05) is 4.90 Å². The molecule has 0 bridgehead atoms. The van der Waals surface area contributed by atoms with Gasteiger partial charge in [0.15, 0.2) is 6.17 Å². The Hall–Kier alpha value is -3.22. The highest BCUT2D eigenvalue weighted by atomic mass is 19.1. The normalized spacial score (nSPS) is 12.4. The first-order valence-corrected chi connectivity index (χ1v) is 9.35. The summed E-state index contributed by atoms with van der Waals surface area (Å²) in [4.78, 5) is 14.3. The van der Waals surface area contributed by atoms with Crippen LogP contribution >= 0.6 is 0 Å². The summed E-state index contributed by atoms with van der Waals surface area (Å²) >= 11 is 0. The molecule has 0 saturated carbocycles. The van der Waals surface area contributed by atoms with E-state index in [1.165, 1.54) is 6.92 Å². The van der Waals surface area contributed by atoms with E-state index in [0.29, 0.717) is 12.1 Å². The monoisotopic (exact) mass is 397 g/mol. The second kappa shape index (κ2) is 8.43. The van der Waals surface area contributed by atoms with Gasteiger partial charge in [0, 0.05) is 11.3 Å². The van der Waals surface area contributed by atoms with Gasteiger partial charge in [-0.05, 0) is 57.5 Å². The van der Waals surface area contributed by atoms with E-state index in [9.17, 15) is 9.18 Å². The third-order valence-corrected chi connectivity index (χ3v) is 4.00. The molecule has 0 aliphatic rings. The number of rotatable bonds is 5. The minimum atomic E-state index is -1.32. The van der Waals surface area contributed by atoms with Gasteiger partial charge in [-0.15, -0.1) is 10.2 Å². The van der Waals surface area contributed by atoms with Gasteiger partial charge < -0.3 is 9.15 Å². The largest absolute Gasteiger partial charge is 0.443 e. The highest BCUT2D eigenvalue weighted by Gasteiger charge is 2.23. The molecule has 3 rings (SSSR count). The molecule has 0 N–H and O–H groups in total. The third kappa shape index (κ3) is 5.40. The van der Waals surface area contributed by atoms with E-state index in [-0.39, 0.29) is 11.8 Å². The lowest BCUT2D eigenvalue weighted by Crippen LogP contribution is -2.36. The fraction of sp³-hybridized carbons (Fsp3) is 0.318. The molecule has 0 aliphatic heterocycles. The molecular formula is C22H24FN3O3. The Bertz CT molecular complexity index is 947. The first-order valence-electron chi connectivity index (χ1n) is 9.35. The maximum Gasteiger partial charge on any atom is 0.415 e. The summed E-state index contributed by atoms with van der Waals surface area (Å²) in [5, 5.41) is 7.57. The molecule has 1 unspecified atom stereocenters. The van der Waals surface area contributed by atoms with Crippen molar-refractivity contribution in [2.24, 2.45) is 0 Å². The van der Waals surface area contributed by atoms with Gasteiger partial charge in [-0.2, -0.15) is 0 Å². The number of carbonyl (C=O) groups excluding carboxylic acids is 1. The van der Waals surface area contributed by atoms with Crippen LogP contribution in [0.5, 0.6) is 0 Å². The highest BCUT2D eigenvalue weighted by Crippen LogP contribution is 2.24. The fourth-order valence-electron chi connectivity index (χ4n) is 2.63. The smallest absolute Gasteiger partial charge is 0.415 e. The predicted octanol–water partition coefficient (Wildman–Crippen LogP) is 5.71. The number of nitrogens with zero attached hydrogens (tertiary/aromatic N) is 3. The van der Waals surface area contributed by atoms with Crippen molar-refractivity contribution >= 4 is 11.8 Å². The number of benzene rings is 2. The molecule has 0 saturated heterocycles. The zero-order chi connectivity index (χ0) is 21.0. The molecule has 1 aromatic heterocycles. The van der Waals surface area contributed by atoms with Gasteiger partial charge in [0.05, 0.1) is 6.54 Å². The molecule has 0 aliphatic carbocycles. The molecule has 0 fully saturated rings. The van der Waals surface area contributed by atoms with Crippen molar-refractivity contribution < 1.29 is 18.3 Å². The Balaban J connectivity index is 1.81. The molecule has 7 heteroatoms. The molecule has 0 spiro atoms. The van der Waals surface area contributed by atoms with Crippen LogP contribution in [0.25, 0.3) is 11.5 Å². The summed E-state index contributed by atoms with van der Waals surface area (Å²) in [7, 11) is 0. The van der Waals surface area contributed by atoms with Crippen LogP contribution in [0.2, 0.25) is 0 Å². The van der Waals surface area contributed by atoms with Crippen molar-refractivity contribution in [3.8, 4) is 11.5 Å². The standard InChI is InChI=1S/C22H24FN3O3/c1-15(23)19-24-25-20(28-19)17-12-10-16(11-13-17)14-26(18-8-6-5-7-9-18)21(27)29-22(2,3)4/h5-13,15H,14H2,1-4H3. The van der Waals surface area contributed by atoms with Crippen LogP contribution < -0.4 is 4.90 Å². The van der Waals surface area contributed by atoms with Gasteiger partial charge >= 0.3 is 6.09 Å². The molecule has 1 amide bonds. The van der Waals surface area contributed by atoms with Crippen LogP contribution in [0.3, 0.4) is 0 Å². The Morgan fingerprint density at radius 2 is 1.76 bits per heavy atom. The van der Waals surface area contributed by atoms with Crippen molar-refractivity contribution in [1.82, 2.24) is 10.2 Å². The summed E-state index contributed by atoms with van der Waals surface area (Å²) in [5.74, 6) is 0.201. The lowest BCUT2D eigenvalue weighted by molar-refractivity contribution is 0.0577. The van der Waals surface area contributed by atoms with E-state index in [2.05, 4.69) is 10.2 Å². The number of anilines is 1. The minimum Gasteiger partial charge on any atom is -0.443 e. The Morgan fingerprint density at radius 3 is 2.31 bits per heavy atom. The average Bonchev–Trinajstić information content (AvgIpc) is 3.16. The Kier molecular flexibility index (Phi) is 5.96. The van der Waals surface area contributed by atoms with Crippen molar-refractivity contribution in [3.05, 3.63) is 66.1 Å². The number of para-hydroxylation sites is 1. The maximum absolute atomic E-state index is 13.3. The van der Waals surface area contributed by atoms with E-state index in [0.717, 1.165) is 11.3 Å². The van der Waals surface area contributed by atoms with Crippen LogP contribution in [0, 0.1) is 0 Å². The fourth-order valence-corrected chi connectivity index (χ4v) is 2.63. The van der Waals surface area contributed by atoms with E-state index in [4.69, 9.17) is 9.15 Å². The quantitative estimate of drug-likeness (QED) is 0.552. The number of carbonyl (C=O) groups is 1. The molecule has 0 radical (unpaired) electrons. The summed E-state index contributed by atoms with van der Waals surface area (Å²) in [6.07, 6.45) is -1.74. The summed E-state index contributed by atoms with van der Waals surface area (Å²) < 4.78 is 24.2. The predicted molar refractivity (Wildman–Crippen MR) is 108 cm³/mol. The van der Waals surface area contributed by atoms with E-state index in [1.807, 2.05) is 63.2 Å². The van der Waals surface area contributed by atoms with E-state index in [1.54, 1.807) is 17.0 Å². The Morgan fingerprint density at radius 1 is 1.10 bits per heavy atom. The SMILES string of the molecule is CC(F)c1nnc(-c2ccc(CN(C(=O)OC(C)(C)C)c3ccccc3)cc2)o1. The zero-order valence-corrected chi connectivity index (χ0v) is 16.9. The van der Waals surface area contributed by atoms with Crippen LogP contribution in [-0.4, -0.2) is 21.9 Å².